The van der Waals surface area contributed by atoms with E-state index in [1.165, 1.54) is 54.5 Å². The Bertz CT molecular complexity index is 881. The molecule has 0 unspecified atom stereocenters. The van der Waals surface area contributed by atoms with Crippen molar-refractivity contribution in [3.05, 3.63) is 54.3 Å². The molecule has 6 nitrogen and oxygen atoms in total. The van der Waals surface area contributed by atoms with Gasteiger partial charge in [-0.2, -0.15) is 0 Å². The fourth-order valence-electron chi connectivity index (χ4n) is 2.63. The summed E-state index contributed by atoms with van der Waals surface area (Å²) in [6.45, 7) is 3.97. The van der Waals surface area contributed by atoms with E-state index in [4.69, 9.17) is 4.74 Å². The number of methoxy groups -OCH3 is 1. The molecule has 1 amide bonds. The van der Waals surface area contributed by atoms with Crippen LogP contribution in [-0.4, -0.2) is 46.0 Å². The number of sulfonamides is 1. The summed E-state index contributed by atoms with van der Waals surface area (Å²) < 4.78 is 46.6. The second-order valence-electron chi connectivity index (χ2n) is 5.70. The van der Waals surface area contributed by atoms with Crippen LogP contribution in [0.25, 0.3) is 0 Å². The molecule has 0 aliphatic rings. The number of likely N-dealkylation sites (N-methyl/N-ethyl adjacent to an activating group) is 1. The van der Waals surface area contributed by atoms with Crippen LogP contribution in [0, 0.1) is 5.82 Å². The maximum atomic E-state index is 14.4. The summed E-state index contributed by atoms with van der Waals surface area (Å²) in [5, 5.41) is 0. The van der Waals surface area contributed by atoms with E-state index in [-0.39, 0.29) is 10.6 Å². The molecule has 2 aromatic rings. The molecule has 0 saturated heterocycles. The van der Waals surface area contributed by atoms with Gasteiger partial charge < -0.3 is 9.64 Å². The molecule has 0 fully saturated rings. The highest BCUT2D eigenvalue weighted by atomic mass is 32.2. The first kappa shape index (κ1) is 20.7. The molecule has 0 spiro atoms. The summed E-state index contributed by atoms with van der Waals surface area (Å²) in [4.78, 5) is 14.0. The van der Waals surface area contributed by atoms with E-state index < -0.39 is 28.3 Å². The van der Waals surface area contributed by atoms with Crippen LogP contribution in [0.4, 0.5) is 10.1 Å². The summed E-state index contributed by atoms with van der Waals surface area (Å²) in [6, 6.07) is 11.2. The molecule has 0 saturated carbocycles. The van der Waals surface area contributed by atoms with E-state index in [2.05, 4.69) is 0 Å². The maximum Gasteiger partial charge on any atom is 0.264 e. The van der Waals surface area contributed by atoms with Gasteiger partial charge >= 0.3 is 0 Å². The van der Waals surface area contributed by atoms with Gasteiger partial charge in [0.2, 0.25) is 5.91 Å². The number of carbonyl (C=O) groups is 1. The Labute approximate surface area is 159 Å². The summed E-state index contributed by atoms with van der Waals surface area (Å²) in [5.41, 5.74) is -0.172. The van der Waals surface area contributed by atoms with Crippen molar-refractivity contribution >= 4 is 21.6 Å². The van der Waals surface area contributed by atoms with Gasteiger partial charge in [0.05, 0.1) is 17.7 Å². The third-order valence-electron chi connectivity index (χ3n) is 4.16. The number of hydrogen-bond acceptors (Lipinski definition) is 4. The van der Waals surface area contributed by atoms with Crippen LogP contribution in [0.3, 0.4) is 0 Å². The second-order valence-corrected chi connectivity index (χ2v) is 7.57. The minimum Gasteiger partial charge on any atom is -0.497 e. The molecule has 8 heteroatoms. The van der Waals surface area contributed by atoms with Crippen LogP contribution in [-0.2, 0) is 14.8 Å². The molecule has 0 aliphatic carbocycles. The van der Waals surface area contributed by atoms with Crippen molar-refractivity contribution in [1.82, 2.24) is 4.90 Å². The van der Waals surface area contributed by atoms with Crippen molar-refractivity contribution in [1.29, 1.82) is 0 Å². The first-order chi connectivity index (χ1) is 12.8. The SMILES string of the molecule is CCN(CC)C(=O)CN(c1ccccc1F)S(=O)(=O)c1ccc(OC)cc1. The van der Waals surface area contributed by atoms with Gasteiger partial charge in [-0.15, -0.1) is 0 Å². The minimum absolute atomic E-state index is 0.0566. The summed E-state index contributed by atoms with van der Waals surface area (Å²) in [5.74, 6) is -0.632. The molecular weight excluding hydrogens is 371 g/mol. The predicted octanol–water partition coefficient (Wildman–Crippen LogP) is 2.90. The quantitative estimate of drug-likeness (QED) is 0.691. The van der Waals surface area contributed by atoms with E-state index >= 15 is 0 Å². The second kappa shape index (κ2) is 8.85. The van der Waals surface area contributed by atoms with Crippen molar-refractivity contribution in [2.75, 3.05) is 31.0 Å². The number of hydrogen-bond donors (Lipinski definition) is 0. The molecule has 0 heterocycles. The minimum atomic E-state index is -4.16. The monoisotopic (exact) mass is 394 g/mol. The number of anilines is 1. The van der Waals surface area contributed by atoms with Crippen LogP contribution in [0.2, 0.25) is 0 Å². The number of carbonyl (C=O) groups excluding carboxylic acids is 1. The molecule has 0 radical (unpaired) electrons. The smallest absolute Gasteiger partial charge is 0.264 e. The molecule has 2 aromatic carbocycles. The highest BCUT2D eigenvalue weighted by Crippen LogP contribution is 2.27. The maximum absolute atomic E-state index is 14.4. The Hall–Kier alpha value is -2.61. The predicted molar refractivity (Wildman–Crippen MR) is 102 cm³/mol. The van der Waals surface area contributed by atoms with Gasteiger partial charge in [0, 0.05) is 13.1 Å². The highest BCUT2D eigenvalue weighted by molar-refractivity contribution is 7.92. The van der Waals surface area contributed by atoms with Crippen LogP contribution < -0.4 is 9.04 Å². The highest BCUT2D eigenvalue weighted by Gasteiger charge is 2.30. The molecule has 146 valence electrons. The molecule has 0 aromatic heterocycles. The Morgan fingerprint density at radius 3 is 2.15 bits per heavy atom. The zero-order valence-electron chi connectivity index (χ0n) is 15.6. The van der Waals surface area contributed by atoms with E-state index in [1.54, 1.807) is 13.8 Å². The first-order valence-corrected chi connectivity index (χ1v) is 9.98. The first-order valence-electron chi connectivity index (χ1n) is 8.54. The summed E-state index contributed by atoms with van der Waals surface area (Å²) >= 11 is 0. The number of para-hydroxylation sites is 1. The van der Waals surface area contributed by atoms with Gasteiger partial charge in [-0.25, -0.2) is 12.8 Å². The van der Waals surface area contributed by atoms with Crippen molar-refractivity contribution in [2.24, 2.45) is 0 Å². The number of halogens is 1. The molecule has 0 bridgehead atoms. The zero-order chi connectivity index (χ0) is 20.0. The van der Waals surface area contributed by atoms with E-state index in [9.17, 15) is 17.6 Å². The Morgan fingerprint density at radius 1 is 1.04 bits per heavy atom. The van der Waals surface area contributed by atoms with Crippen molar-refractivity contribution in [2.45, 2.75) is 18.7 Å². The van der Waals surface area contributed by atoms with Crippen molar-refractivity contribution < 1.29 is 22.3 Å². The van der Waals surface area contributed by atoms with Crippen molar-refractivity contribution in [3.63, 3.8) is 0 Å². The van der Waals surface area contributed by atoms with Gasteiger partial charge in [0.1, 0.15) is 18.1 Å². The van der Waals surface area contributed by atoms with Crippen LogP contribution in [0.1, 0.15) is 13.8 Å². The number of rotatable bonds is 8. The van der Waals surface area contributed by atoms with Crippen molar-refractivity contribution in [3.8, 4) is 5.75 Å². The standard InChI is InChI=1S/C19H23FN2O4S/c1-4-21(5-2)19(23)14-22(18-9-7-6-8-17(18)20)27(24,25)16-12-10-15(26-3)11-13-16/h6-13H,4-5,14H2,1-3H3. The third-order valence-corrected chi connectivity index (χ3v) is 5.94. The van der Waals surface area contributed by atoms with Gasteiger partial charge in [-0.1, -0.05) is 12.1 Å². The Morgan fingerprint density at radius 2 is 1.63 bits per heavy atom. The molecular formula is C19H23FN2O4S. The van der Waals surface area contributed by atoms with E-state index in [0.29, 0.717) is 18.8 Å². The number of nitrogens with zero attached hydrogens (tertiary/aromatic N) is 2. The van der Waals surface area contributed by atoms with E-state index in [1.807, 2.05) is 0 Å². The molecule has 2 rings (SSSR count). The number of benzene rings is 2. The fraction of sp³-hybridized carbons (Fsp3) is 0.316. The lowest BCUT2D eigenvalue weighted by molar-refractivity contribution is -0.129. The normalized spacial score (nSPS) is 11.1. The molecule has 0 atom stereocenters. The van der Waals surface area contributed by atoms with Gasteiger partial charge in [-0.3, -0.25) is 9.10 Å². The summed E-state index contributed by atoms with van der Waals surface area (Å²) in [7, 11) is -2.69. The van der Waals surface area contributed by atoms with Gasteiger partial charge in [-0.05, 0) is 50.2 Å². The lowest BCUT2D eigenvalue weighted by atomic mass is 10.3. The zero-order valence-corrected chi connectivity index (χ0v) is 16.4. The molecule has 0 aliphatic heterocycles. The fourth-order valence-corrected chi connectivity index (χ4v) is 4.05. The van der Waals surface area contributed by atoms with Crippen LogP contribution in [0.5, 0.6) is 5.75 Å². The van der Waals surface area contributed by atoms with E-state index in [0.717, 1.165) is 10.4 Å². The third kappa shape index (κ3) is 4.57. The average molecular weight is 394 g/mol. The van der Waals surface area contributed by atoms with Crippen LogP contribution in [0.15, 0.2) is 53.4 Å². The molecule has 27 heavy (non-hydrogen) atoms. The number of amides is 1. The topological polar surface area (TPSA) is 66.9 Å². The van der Waals surface area contributed by atoms with Gasteiger partial charge in [0.25, 0.3) is 10.0 Å². The number of ether oxygens (including phenoxy) is 1. The van der Waals surface area contributed by atoms with Gasteiger partial charge in [0.15, 0.2) is 0 Å². The summed E-state index contributed by atoms with van der Waals surface area (Å²) in [6.07, 6.45) is 0. The Balaban J connectivity index is 2.50. The Kier molecular flexibility index (Phi) is 6.79. The average Bonchev–Trinajstić information content (AvgIpc) is 2.67. The molecule has 0 N–H and O–H groups in total. The largest absolute Gasteiger partial charge is 0.497 e. The lowest BCUT2D eigenvalue weighted by Gasteiger charge is -2.27. The lowest BCUT2D eigenvalue weighted by Crippen LogP contribution is -2.43. The van der Waals surface area contributed by atoms with Crippen LogP contribution >= 0.6 is 0 Å².